The molecule has 14 heavy (non-hydrogen) atoms. The fraction of sp³-hybridized carbons (Fsp3) is 1.00. The van der Waals surface area contributed by atoms with Gasteiger partial charge in [0.15, 0.2) is 5.79 Å². The summed E-state index contributed by atoms with van der Waals surface area (Å²) in [6.07, 6.45) is 0. The molecule has 0 amide bonds. The van der Waals surface area contributed by atoms with E-state index in [0.717, 1.165) is 13.2 Å². The molecule has 1 heterocycles. The first-order valence-corrected chi connectivity index (χ1v) is 5.56. The summed E-state index contributed by atoms with van der Waals surface area (Å²) < 4.78 is 10.2. The van der Waals surface area contributed by atoms with Crippen LogP contribution in [0.1, 0.15) is 34.6 Å². The van der Waals surface area contributed by atoms with Crippen molar-refractivity contribution in [3.05, 3.63) is 0 Å². The van der Waals surface area contributed by atoms with Gasteiger partial charge < -0.3 is 14.4 Å². The average molecular weight is 203 g/mol. The molecule has 0 atom stereocenters. The van der Waals surface area contributed by atoms with Crippen LogP contribution in [0.5, 0.6) is 0 Å². The van der Waals surface area contributed by atoms with Crippen LogP contribution in [0, 0.1) is 0 Å². The van der Waals surface area contributed by atoms with Gasteiger partial charge in [-0.15, -0.1) is 0 Å². The van der Waals surface area contributed by atoms with E-state index in [1.165, 1.54) is 19.6 Å². The van der Waals surface area contributed by atoms with E-state index >= 15 is 0 Å². The van der Waals surface area contributed by atoms with Crippen molar-refractivity contribution in [2.75, 3.05) is 32.8 Å². The summed E-state index contributed by atoms with van der Waals surface area (Å²) in [6, 6.07) is 0. The van der Waals surface area contributed by atoms with Gasteiger partial charge >= 0.3 is 0 Å². The summed E-state index contributed by atoms with van der Waals surface area (Å²) in [6.45, 7) is 15.4. The molecule has 0 aromatic heterocycles. The van der Waals surface area contributed by atoms with Crippen LogP contribution >= 0.6 is 0 Å². The smallest absolute Gasteiger partial charge is 0.162 e. The normalized spacial score (nSPS) is 19.3. The van der Waals surface area contributed by atoms with Crippen LogP contribution in [0.25, 0.3) is 0 Å². The molecule has 86 valence electrons. The summed E-state index contributed by atoms with van der Waals surface area (Å²) in [4.78, 5) is 2.38. The Morgan fingerprint density at radius 2 is 1.29 bits per heavy atom. The molecule has 0 radical (unpaired) electrons. The van der Waals surface area contributed by atoms with Gasteiger partial charge in [-0.3, -0.25) is 0 Å². The predicted molar refractivity (Wildman–Crippen MR) is 59.4 cm³/mol. The number of hydrogen-bond acceptors (Lipinski definition) is 3. The van der Waals surface area contributed by atoms with Crippen LogP contribution in [0.15, 0.2) is 0 Å². The molecule has 0 saturated carbocycles. The van der Waals surface area contributed by atoms with E-state index in [1.807, 2.05) is 13.8 Å². The molecule has 0 aromatic rings. The van der Waals surface area contributed by atoms with Crippen LogP contribution in [-0.4, -0.2) is 43.5 Å². The van der Waals surface area contributed by atoms with E-state index in [9.17, 15) is 0 Å². The predicted octanol–water partition coefficient (Wildman–Crippen LogP) is 2.12. The van der Waals surface area contributed by atoms with Crippen molar-refractivity contribution in [2.45, 2.75) is 40.4 Å². The largest absolute Gasteiger partial charge is 0.348 e. The lowest BCUT2D eigenvalue weighted by Gasteiger charge is -2.13. The molecule has 0 spiro atoms. The van der Waals surface area contributed by atoms with Gasteiger partial charge in [-0.2, -0.15) is 0 Å². The van der Waals surface area contributed by atoms with Gasteiger partial charge in [-0.05, 0) is 33.5 Å². The van der Waals surface area contributed by atoms with Gasteiger partial charge in [-0.25, -0.2) is 0 Å². The van der Waals surface area contributed by atoms with Gasteiger partial charge in [0, 0.05) is 0 Å². The topological polar surface area (TPSA) is 21.7 Å². The second-order valence-electron chi connectivity index (χ2n) is 3.72. The van der Waals surface area contributed by atoms with Crippen molar-refractivity contribution in [3.8, 4) is 0 Å². The molecular weight excluding hydrogens is 178 g/mol. The first-order valence-electron chi connectivity index (χ1n) is 5.56. The SMILES string of the molecule is CC1(C)OCCO1.CCN(CC)CC. The maximum atomic E-state index is 5.12. The number of hydrogen-bond donors (Lipinski definition) is 0. The fourth-order valence-corrected chi connectivity index (χ4v) is 1.29. The molecule has 1 aliphatic rings. The lowest BCUT2D eigenvalue weighted by atomic mass is 10.4. The van der Waals surface area contributed by atoms with E-state index in [1.54, 1.807) is 0 Å². The Hall–Kier alpha value is -0.120. The van der Waals surface area contributed by atoms with Crippen molar-refractivity contribution >= 4 is 0 Å². The summed E-state index contributed by atoms with van der Waals surface area (Å²) >= 11 is 0. The third-order valence-corrected chi connectivity index (χ3v) is 2.32. The van der Waals surface area contributed by atoms with Gasteiger partial charge in [0.25, 0.3) is 0 Å². The molecule has 0 aliphatic carbocycles. The molecule has 0 bridgehead atoms. The van der Waals surface area contributed by atoms with Crippen molar-refractivity contribution in [1.29, 1.82) is 0 Å². The zero-order valence-electron chi connectivity index (χ0n) is 10.3. The number of rotatable bonds is 3. The fourth-order valence-electron chi connectivity index (χ4n) is 1.29. The Kier molecular flexibility index (Phi) is 7.15. The minimum atomic E-state index is -0.306. The van der Waals surface area contributed by atoms with E-state index < -0.39 is 0 Å². The molecule has 0 N–H and O–H groups in total. The molecule has 1 rings (SSSR count). The van der Waals surface area contributed by atoms with E-state index in [0.29, 0.717) is 0 Å². The maximum absolute atomic E-state index is 5.12. The molecule has 0 aromatic carbocycles. The van der Waals surface area contributed by atoms with Crippen molar-refractivity contribution < 1.29 is 9.47 Å². The Labute approximate surface area is 88.4 Å². The average Bonchev–Trinajstić information content (AvgIpc) is 2.54. The summed E-state index contributed by atoms with van der Waals surface area (Å²) in [5, 5.41) is 0. The molecule has 3 heteroatoms. The van der Waals surface area contributed by atoms with Crippen LogP contribution in [0.2, 0.25) is 0 Å². The van der Waals surface area contributed by atoms with Crippen molar-refractivity contribution in [1.82, 2.24) is 4.90 Å². The van der Waals surface area contributed by atoms with Crippen LogP contribution in [0.3, 0.4) is 0 Å². The summed E-state index contributed by atoms with van der Waals surface area (Å²) in [5.41, 5.74) is 0. The monoisotopic (exact) mass is 203 g/mol. The Bertz CT molecular complexity index is 120. The third-order valence-electron chi connectivity index (χ3n) is 2.32. The third kappa shape index (κ3) is 6.35. The zero-order chi connectivity index (χ0) is 11.0. The van der Waals surface area contributed by atoms with Crippen LogP contribution in [0.4, 0.5) is 0 Å². The van der Waals surface area contributed by atoms with E-state index in [-0.39, 0.29) is 5.79 Å². The molecule has 3 nitrogen and oxygen atoms in total. The zero-order valence-corrected chi connectivity index (χ0v) is 10.3. The second-order valence-corrected chi connectivity index (χ2v) is 3.72. The van der Waals surface area contributed by atoms with Crippen molar-refractivity contribution in [3.63, 3.8) is 0 Å². The highest BCUT2D eigenvalue weighted by molar-refractivity contribution is 4.58. The second kappa shape index (κ2) is 7.21. The van der Waals surface area contributed by atoms with Crippen LogP contribution in [-0.2, 0) is 9.47 Å². The first-order chi connectivity index (χ1) is 6.55. The standard InChI is InChI=1S/C6H15N.C5H10O2/c1-4-7(5-2)6-3;1-5(2)6-3-4-7-5/h4-6H2,1-3H3;3-4H2,1-2H3. The summed E-state index contributed by atoms with van der Waals surface area (Å²) in [7, 11) is 0. The van der Waals surface area contributed by atoms with Crippen LogP contribution < -0.4 is 0 Å². The minimum absolute atomic E-state index is 0.306. The van der Waals surface area contributed by atoms with E-state index in [4.69, 9.17) is 9.47 Å². The molecular formula is C11H25NO2. The highest BCUT2D eigenvalue weighted by atomic mass is 16.7. The molecule has 0 unspecified atom stereocenters. The van der Waals surface area contributed by atoms with Gasteiger partial charge in [-0.1, -0.05) is 20.8 Å². The lowest BCUT2D eigenvalue weighted by Crippen LogP contribution is -2.21. The lowest BCUT2D eigenvalue weighted by molar-refractivity contribution is -0.125. The first kappa shape index (κ1) is 13.9. The Morgan fingerprint density at radius 3 is 1.36 bits per heavy atom. The Balaban J connectivity index is 0.000000241. The highest BCUT2D eigenvalue weighted by Gasteiger charge is 2.23. The Morgan fingerprint density at radius 1 is 0.929 bits per heavy atom. The number of nitrogens with zero attached hydrogens (tertiary/aromatic N) is 1. The maximum Gasteiger partial charge on any atom is 0.162 e. The van der Waals surface area contributed by atoms with E-state index in [2.05, 4.69) is 25.7 Å². The molecule has 1 fully saturated rings. The van der Waals surface area contributed by atoms with Gasteiger partial charge in [0.2, 0.25) is 0 Å². The quantitative estimate of drug-likeness (QED) is 0.701. The van der Waals surface area contributed by atoms with Gasteiger partial charge in [0.1, 0.15) is 0 Å². The highest BCUT2D eigenvalue weighted by Crippen LogP contribution is 2.15. The number of ether oxygens (including phenoxy) is 2. The van der Waals surface area contributed by atoms with Gasteiger partial charge in [0.05, 0.1) is 13.2 Å². The van der Waals surface area contributed by atoms with Crippen molar-refractivity contribution in [2.24, 2.45) is 0 Å². The minimum Gasteiger partial charge on any atom is -0.348 e. The summed E-state index contributed by atoms with van der Waals surface area (Å²) in [5.74, 6) is -0.306. The molecule has 1 aliphatic heterocycles. The molecule has 1 saturated heterocycles.